The molecule has 8 heavy (non-hydrogen) atoms. The summed E-state index contributed by atoms with van der Waals surface area (Å²) < 4.78 is 0. The lowest BCUT2D eigenvalue weighted by Crippen LogP contribution is -2.31. The SMILES string of the molecule is CC(C)NC[SiH](C)C. The Morgan fingerprint density at radius 2 is 1.88 bits per heavy atom. The molecule has 0 heterocycles. The Kier molecular flexibility index (Phi) is 4.19. The van der Waals surface area contributed by atoms with Crippen molar-refractivity contribution in [3.05, 3.63) is 0 Å². The molecule has 0 amide bonds. The molecule has 0 bridgehead atoms. The average molecular weight is 131 g/mol. The minimum absolute atomic E-state index is 0.338. The van der Waals surface area contributed by atoms with E-state index in [0.29, 0.717) is 6.04 Å². The van der Waals surface area contributed by atoms with E-state index in [1.165, 1.54) is 6.17 Å². The first-order valence-electron chi connectivity index (χ1n) is 3.36. The monoisotopic (exact) mass is 131 g/mol. The van der Waals surface area contributed by atoms with Gasteiger partial charge in [-0.05, 0) is 6.17 Å². The predicted molar refractivity (Wildman–Crippen MR) is 42.0 cm³/mol. The van der Waals surface area contributed by atoms with Crippen molar-refractivity contribution in [2.75, 3.05) is 6.17 Å². The maximum absolute atomic E-state index is 3.41. The molecule has 50 valence electrons. The highest BCUT2D eigenvalue weighted by molar-refractivity contribution is 6.55. The van der Waals surface area contributed by atoms with Crippen LogP contribution in [0.3, 0.4) is 0 Å². The molecule has 0 rings (SSSR count). The van der Waals surface area contributed by atoms with Gasteiger partial charge in [0, 0.05) is 14.8 Å². The molecule has 0 aliphatic rings. The highest BCUT2D eigenvalue weighted by atomic mass is 28.3. The third-order valence-corrected chi connectivity index (χ3v) is 1.99. The van der Waals surface area contributed by atoms with Crippen molar-refractivity contribution < 1.29 is 0 Å². The molecule has 0 radical (unpaired) electrons. The van der Waals surface area contributed by atoms with E-state index in [4.69, 9.17) is 0 Å². The van der Waals surface area contributed by atoms with Crippen LogP contribution in [0.2, 0.25) is 13.1 Å². The molecule has 0 aromatic carbocycles. The lowest BCUT2D eigenvalue weighted by atomic mass is 10.4. The highest BCUT2D eigenvalue weighted by Crippen LogP contribution is 1.78. The molecule has 0 atom stereocenters. The van der Waals surface area contributed by atoms with Gasteiger partial charge in [-0.1, -0.05) is 26.9 Å². The standard InChI is InChI=1S/C6H17NSi/c1-6(2)7-5-8(3)4/h6-8H,5H2,1-4H3. The van der Waals surface area contributed by atoms with E-state index < -0.39 is 0 Å². The first kappa shape index (κ1) is 8.18. The molecule has 0 aliphatic heterocycles. The number of hydrogen-bond acceptors (Lipinski definition) is 1. The molecule has 0 unspecified atom stereocenters. The van der Waals surface area contributed by atoms with Crippen LogP contribution in [-0.4, -0.2) is 21.0 Å². The van der Waals surface area contributed by atoms with Crippen molar-refractivity contribution in [2.24, 2.45) is 0 Å². The highest BCUT2D eigenvalue weighted by Gasteiger charge is 1.94. The number of nitrogens with one attached hydrogen (secondary N) is 1. The molecular weight excluding hydrogens is 114 g/mol. The van der Waals surface area contributed by atoms with Gasteiger partial charge in [0.15, 0.2) is 0 Å². The normalized spacial score (nSPS) is 11.2. The van der Waals surface area contributed by atoms with Gasteiger partial charge in [-0.3, -0.25) is 0 Å². The fourth-order valence-corrected chi connectivity index (χ4v) is 1.41. The molecule has 0 aromatic heterocycles. The van der Waals surface area contributed by atoms with E-state index in [1.807, 2.05) is 0 Å². The Labute approximate surface area is 54.1 Å². The summed E-state index contributed by atoms with van der Waals surface area (Å²) in [6.07, 6.45) is 1.28. The zero-order chi connectivity index (χ0) is 6.57. The van der Waals surface area contributed by atoms with Gasteiger partial charge in [0.05, 0.1) is 0 Å². The summed E-state index contributed by atoms with van der Waals surface area (Å²) in [5, 5.41) is 3.41. The van der Waals surface area contributed by atoms with Crippen molar-refractivity contribution in [3.63, 3.8) is 0 Å². The van der Waals surface area contributed by atoms with Crippen LogP contribution in [0.5, 0.6) is 0 Å². The minimum atomic E-state index is -0.338. The summed E-state index contributed by atoms with van der Waals surface area (Å²) in [5.41, 5.74) is 0. The minimum Gasteiger partial charge on any atom is -0.318 e. The third-order valence-electron chi connectivity index (χ3n) is 0.934. The number of hydrogen-bond donors (Lipinski definition) is 1. The summed E-state index contributed by atoms with van der Waals surface area (Å²) in [6.45, 7) is 9.10. The topological polar surface area (TPSA) is 12.0 Å². The molecule has 2 heteroatoms. The van der Waals surface area contributed by atoms with Crippen LogP contribution in [-0.2, 0) is 0 Å². The summed E-state index contributed by atoms with van der Waals surface area (Å²) >= 11 is 0. The van der Waals surface area contributed by atoms with Crippen LogP contribution in [0.1, 0.15) is 13.8 Å². The second-order valence-corrected chi connectivity index (χ2v) is 6.15. The third kappa shape index (κ3) is 6.18. The van der Waals surface area contributed by atoms with Gasteiger partial charge in [-0.2, -0.15) is 0 Å². The van der Waals surface area contributed by atoms with E-state index in [-0.39, 0.29) is 8.80 Å². The van der Waals surface area contributed by atoms with E-state index in [1.54, 1.807) is 0 Å². The Morgan fingerprint density at radius 3 is 2.00 bits per heavy atom. The quantitative estimate of drug-likeness (QED) is 0.564. The van der Waals surface area contributed by atoms with Crippen molar-refractivity contribution in [3.8, 4) is 0 Å². The van der Waals surface area contributed by atoms with Crippen LogP contribution >= 0.6 is 0 Å². The van der Waals surface area contributed by atoms with Crippen LogP contribution in [0.25, 0.3) is 0 Å². The van der Waals surface area contributed by atoms with Crippen molar-refractivity contribution >= 4 is 8.80 Å². The molecular formula is C6H17NSi. The molecule has 0 fully saturated rings. The smallest absolute Gasteiger partial charge is 0.0466 e. The molecule has 1 N–H and O–H groups in total. The summed E-state index contributed by atoms with van der Waals surface area (Å²) in [7, 11) is -0.338. The van der Waals surface area contributed by atoms with Gasteiger partial charge in [-0.15, -0.1) is 0 Å². The fraction of sp³-hybridized carbons (Fsp3) is 1.00. The van der Waals surface area contributed by atoms with E-state index in [2.05, 4.69) is 32.3 Å². The van der Waals surface area contributed by atoms with Crippen LogP contribution in [0.4, 0.5) is 0 Å². The first-order chi connectivity index (χ1) is 3.63. The second-order valence-electron chi connectivity index (χ2n) is 2.96. The Bertz CT molecular complexity index is 44.5. The van der Waals surface area contributed by atoms with E-state index >= 15 is 0 Å². The Morgan fingerprint density at radius 1 is 1.38 bits per heavy atom. The van der Waals surface area contributed by atoms with Crippen LogP contribution in [0, 0.1) is 0 Å². The Balaban J connectivity index is 2.93. The second kappa shape index (κ2) is 4.10. The zero-order valence-corrected chi connectivity index (χ0v) is 7.52. The van der Waals surface area contributed by atoms with Gasteiger partial charge in [0.1, 0.15) is 0 Å². The fourth-order valence-electron chi connectivity index (χ4n) is 0.471. The molecule has 0 spiro atoms. The van der Waals surface area contributed by atoms with Crippen molar-refractivity contribution in [1.82, 2.24) is 5.32 Å². The molecule has 1 nitrogen and oxygen atoms in total. The lowest BCUT2D eigenvalue weighted by molar-refractivity contribution is 0.647. The molecule has 0 aromatic rings. The summed E-state index contributed by atoms with van der Waals surface area (Å²) in [4.78, 5) is 0. The summed E-state index contributed by atoms with van der Waals surface area (Å²) in [5.74, 6) is 0. The van der Waals surface area contributed by atoms with Gasteiger partial charge >= 0.3 is 0 Å². The molecule has 0 saturated carbocycles. The zero-order valence-electron chi connectivity index (χ0n) is 6.36. The maximum Gasteiger partial charge on any atom is 0.0466 e. The lowest BCUT2D eigenvalue weighted by Gasteiger charge is -2.08. The molecule has 0 saturated heterocycles. The van der Waals surface area contributed by atoms with Crippen LogP contribution < -0.4 is 5.32 Å². The van der Waals surface area contributed by atoms with Crippen LogP contribution in [0.15, 0.2) is 0 Å². The van der Waals surface area contributed by atoms with Gasteiger partial charge < -0.3 is 5.32 Å². The van der Waals surface area contributed by atoms with Gasteiger partial charge in [0.25, 0.3) is 0 Å². The average Bonchev–Trinajstić information content (AvgIpc) is 1.61. The summed E-state index contributed by atoms with van der Waals surface area (Å²) in [6, 6.07) is 0.671. The van der Waals surface area contributed by atoms with Gasteiger partial charge in [0.2, 0.25) is 0 Å². The van der Waals surface area contributed by atoms with E-state index in [9.17, 15) is 0 Å². The van der Waals surface area contributed by atoms with E-state index in [0.717, 1.165) is 0 Å². The van der Waals surface area contributed by atoms with Crippen molar-refractivity contribution in [2.45, 2.75) is 33.0 Å². The van der Waals surface area contributed by atoms with Crippen molar-refractivity contribution in [1.29, 1.82) is 0 Å². The maximum atomic E-state index is 3.41. The predicted octanol–water partition coefficient (Wildman–Crippen LogP) is 1.01. The Hall–Kier alpha value is 0.177. The molecule has 0 aliphatic carbocycles. The first-order valence-corrected chi connectivity index (χ1v) is 6.49. The number of rotatable bonds is 3. The van der Waals surface area contributed by atoms with Gasteiger partial charge in [-0.25, -0.2) is 0 Å². The largest absolute Gasteiger partial charge is 0.318 e.